The lowest BCUT2D eigenvalue weighted by molar-refractivity contribution is 0.0680. The third kappa shape index (κ3) is 4.58. The standard InChI is InChI=1S/C13H13NO7S2/c1-9(10-5-3-2-4-6-10)20-23(18,22)21-13(17)19-14-11(15)7-8-12(14)16/h2-9,15-16H,1H3. The molecule has 1 heterocycles. The van der Waals surface area contributed by atoms with Crippen LogP contribution in [-0.4, -0.2) is 25.3 Å². The number of carbonyl (C=O) groups is 1. The Morgan fingerprint density at radius 1 is 1.17 bits per heavy atom. The molecule has 0 amide bonds. The molecule has 2 atom stereocenters. The van der Waals surface area contributed by atoms with E-state index in [-0.39, 0.29) is 0 Å². The average Bonchev–Trinajstić information content (AvgIpc) is 2.79. The van der Waals surface area contributed by atoms with Crippen LogP contribution in [0.2, 0.25) is 0 Å². The monoisotopic (exact) mass is 359 g/mol. The van der Waals surface area contributed by atoms with Gasteiger partial charge in [-0.3, -0.25) is 9.02 Å². The first-order valence-electron chi connectivity index (χ1n) is 6.28. The maximum atomic E-state index is 12.0. The van der Waals surface area contributed by atoms with E-state index >= 15 is 0 Å². The molecule has 0 bridgehead atoms. The summed E-state index contributed by atoms with van der Waals surface area (Å²) in [5.41, 5.74) is 0.683. The molecule has 1 aromatic carbocycles. The van der Waals surface area contributed by atoms with Crippen molar-refractivity contribution in [3.63, 3.8) is 0 Å². The molecule has 0 aliphatic heterocycles. The van der Waals surface area contributed by atoms with Crippen molar-refractivity contribution in [2.75, 3.05) is 0 Å². The lowest BCUT2D eigenvalue weighted by atomic mass is 10.1. The molecular formula is C13H13NO7S2. The van der Waals surface area contributed by atoms with Crippen molar-refractivity contribution >= 4 is 26.4 Å². The lowest BCUT2D eigenvalue weighted by Crippen LogP contribution is -2.24. The van der Waals surface area contributed by atoms with Crippen LogP contribution in [0.1, 0.15) is 18.6 Å². The van der Waals surface area contributed by atoms with E-state index in [2.05, 4.69) is 20.2 Å². The van der Waals surface area contributed by atoms with Gasteiger partial charge in [0.15, 0.2) is 0 Å². The number of aromatic hydroxyl groups is 2. The van der Waals surface area contributed by atoms with Gasteiger partial charge in [-0.2, -0.15) is 4.21 Å². The highest BCUT2D eigenvalue weighted by molar-refractivity contribution is 8.27. The SMILES string of the molecule is CC(OS(=O)(=S)OC(=O)On1c(O)ccc1O)c1ccccc1. The molecule has 2 aromatic rings. The van der Waals surface area contributed by atoms with Crippen LogP contribution in [0.15, 0.2) is 42.5 Å². The van der Waals surface area contributed by atoms with E-state index in [1.807, 2.05) is 0 Å². The molecule has 0 radical (unpaired) electrons. The number of aromatic nitrogens is 1. The first-order chi connectivity index (χ1) is 10.8. The van der Waals surface area contributed by atoms with Gasteiger partial charge in [-0.15, -0.1) is 4.73 Å². The van der Waals surface area contributed by atoms with Gasteiger partial charge in [0.25, 0.3) is 0 Å². The van der Waals surface area contributed by atoms with E-state index in [4.69, 9.17) is 4.18 Å². The molecule has 2 unspecified atom stereocenters. The van der Waals surface area contributed by atoms with E-state index in [9.17, 15) is 19.2 Å². The van der Waals surface area contributed by atoms with Crippen LogP contribution in [0.4, 0.5) is 4.79 Å². The molecule has 0 saturated carbocycles. The van der Waals surface area contributed by atoms with E-state index in [1.165, 1.54) is 0 Å². The summed E-state index contributed by atoms with van der Waals surface area (Å²) in [5, 5.41) is 18.6. The fourth-order valence-corrected chi connectivity index (χ4v) is 2.87. The van der Waals surface area contributed by atoms with Crippen molar-refractivity contribution in [3.05, 3.63) is 48.0 Å². The Morgan fingerprint density at radius 3 is 2.30 bits per heavy atom. The maximum absolute atomic E-state index is 12.0. The largest absolute Gasteiger partial charge is 0.550 e. The van der Waals surface area contributed by atoms with Crippen LogP contribution in [0, 0.1) is 0 Å². The quantitative estimate of drug-likeness (QED) is 0.832. The molecule has 0 fully saturated rings. The highest BCUT2D eigenvalue weighted by Gasteiger charge is 2.22. The first kappa shape index (κ1) is 17.1. The van der Waals surface area contributed by atoms with Gasteiger partial charge < -0.3 is 14.4 Å². The molecule has 0 spiro atoms. The van der Waals surface area contributed by atoms with Gasteiger partial charge in [0, 0.05) is 12.1 Å². The molecule has 2 rings (SSSR count). The van der Waals surface area contributed by atoms with E-state index in [0.29, 0.717) is 10.3 Å². The van der Waals surface area contributed by atoms with Crippen molar-refractivity contribution in [3.8, 4) is 11.8 Å². The minimum atomic E-state index is -3.87. The number of hydrogen-bond acceptors (Lipinski definition) is 8. The molecule has 10 heteroatoms. The Balaban J connectivity index is 1.99. The second-order valence-electron chi connectivity index (χ2n) is 4.33. The second-order valence-corrected chi connectivity index (χ2v) is 6.73. The summed E-state index contributed by atoms with van der Waals surface area (Å²) < 4.78 is 21.9. The first-order valence-corrected chi connectivity index (χ1v) is 8.61. The summed E-state index contributed by atoms with van der Waals surface area (Å²) in [4.78, 5) is 16.0. The minimum Gasteiger partial charge on any atom is -0.492 e. The predicted molar refractivity (Wildman–Crippen MR) is 82.3 cm³/mol. The molecule has 0 aliphatic carbocycles. The van der Waals surface area contributed by atoms with Gasteiger partial charge in [-0.05, 0) is 12.5 Å². The van der Waals surface area contributed by atoms with Crippen molar-refractivity contribution in [2.24, 2.45) is 0 Å². The van der Waals surface area contributed by atoms with Crippen molar-refractivity contribution in [2.45, 2.75) is 13.0 Å². The third-order valence-electron chi connectivity index (χ3n) is 2.66. The van der Waals surface area contributed by atoms with Gasteiger partial charge in [0.2, 0.25) is 11.8 Å². The number of benzene rings is 1. The van der Waals surface area contributed by atoms with E-state index in [1.54, 1.807) is 37.3 Å². The lowest BCUT2D eigenvalue weighted by Gasteiger charge is -2.14. The summed E-state index contributed by atoms with van der Waals surface area (Å²) in [5.74, 6) is -1.12. The fourth-order valence-electron chi connectivity index (χ4n) is 1.64. The zero-order chi connectivity index (χ0) is 17.0. The van der Waals surface area contributed by atoms with Crippen molar-refractivity contribution in [1.82, 2.24) is 4.73 Å². The molecule has 0 aliphatic rings. The molecule has 8 nitrogen and oxygen atoms in total. The minimum absolute atomic E-state index is 0.369. The number of carbonyl (C=O) groups excluding carboxylic acids is 1. The van der Waals surface area contributed by atoms with Crippen LogP contribution in [0.3, 0.4) is 0 Å². The molecular weight excluding hydrogens is 346 g/mol. The van der Waals surface area contributed by atoms with Crippen LogP contribution < -0.4 is 4.84 Å². The smallest absolute Gasteiger partial charge is 0.492 e. The van der Waals surface area contributed by atoms with E-state index in [0.717, 1.165) is 12.1 Å². The number of hydrogen-bond donors (Lipinski definition) is 2. The average molecular weight is 359 g/mol. The van der Waals surface area contributed by atoms with Crippen LogP contribution in [0.25, 0.3) is 0 Å². The summed E-state index contributed by atoms with van der Waals surface area (Å²) in [7, 11) is -3.87. The fraction of sp³-hybridized carbons (Fsp3) is 0.154. The zero-order valence-electron chi connectivity index (χ0n) is 11.8. The maximum Gasteiger partial charge on any atom is 0.550 e. The van der Waals surface area contributed by atoms with Gasteiger partial charge >= 0.3 is 15.2 Å². The Bertz CT molecular complexity index is 766. The number of rotatable bonds is 5. The normalized spacial score (nSPS) is 14.7. The predicted octanol–water partition coefficient (Wildman–Crippen LogP) is 1.82. The third-order valence-corrected chi connectivity index (χ3v) is 3.97. The van der Waals surface area contributed by atoms with Gasteiger partial charge in [-0.25, -0.2) is 4.79 Å². The van der Waals surface area contributed by atoms with Crippen LogP contribution in [0.5, 0.6) is 11.8 Å². The summed E-state index contributed by atoms with van der Waals surface area (Å²) >= 11 is 4.61. The van der Waals surface area contributed by atoms with Crippen LogP contribution in [-0.2, 0) is 28.6 Å². The zero-order valence-corrected chi connectivity index (χ0v) is 13.5. The molecule has 124 valence electrons. The van der Waals surface area contributed by atoms with Crippen molar-refractivity contribution < 1.29 is 32.4 Å². The van der Waals surface area contributed by atoms with E-state index < -0.39 is 33.1 Å². The van der Waals surface area contributed by atoms with Crippen LogP contribution >= 0.6 is 0 Å². The summed E-state index contributed by atoms with van der Waals surface area (Å²) in [6.45, 7) is 1.58. The Labute approximate surface area is 136 Å². The number of nitrogens with zero attached hydrogens (tertiary/aromatic N) is 1. The Morgan fingerprint density at radius 2 is 1.74 bits per heavy atom. The molecule has 1 aromatic heterocycles. The Hall–Kier alpha value is -2.30. The topological polar surface area (TPSA) is 107 Å². The molecule has 23 heavy (non-hydrogen) atoms. The Kier molecular flexibility index (Phi) is 5.08. The summed E-state index contributed by atoms with van der Waals surface area (Å²) in [6.07, 6.45) is -2.20. The van der Waals surface area contributed by atoms with Gasteiger partial charge in [-0.1, -0.05) is 30.3 Å². The van der Waals surface area contributed by atoms with Gasteiger partial charge in [0.05, 0.1) is 11.2 Å². The highest BCUT2D eigenvalue weighted by Crippen LogP contribution is 2.21. The van der Waals surface area contributed by atoms with Gasteiger partial charge in [0.1, 0.15) is 6.10 Å². The summed E-state index contributed by atoms with van der Waals surface area (Å²) in [6, 6.07) is 10.9. The van der Waals surface area contributed by atoms with Crippen molar-refractivity contribution in [1.29, 1.82) is 0 Å². The second kappa shape index (κ2) is 6.86. The highest BCUT2D eigenvalue weighted by atomic mass is 32.9. The molecule has 2 N–H and O–H groups in total. The molecule has 0 saturated heterocycles.